The van der Waals surface area contributed by atoms with Crippen molar-refractivity contribution in [2.45, 2.75) is 124 Å². The molecule has 3 heterocycles. The second-order valence-electron chi connectivity index (χ2n) is 23.6. The molecule has 0 N–H and O–H groups in total. The van der Waals surface area contributed by atoms with Gasteiger partial charge in [-0.15, -0.1) is 0 Å². The number of rotatable bonds is 4. The predicted molar refractivity (Wildman–Crippen MR) is 281 cm³/mol. The Bertz CT molecular complexity index is 3090. The van der Waals surface area contributed by atoms with Gasteiger partial charge in [-0.05, 0) is 139 Å². The molecule has 0 spiro atoms. The van der Waals surface area contributed by atoms with E-state index >= 15 is 0 Å². The molecule has 10 rings (SSSR count). The third kappa shape index (κ3) is 7.11. The lowest BCUT2D eigenvalue weighted by molar-refractivity contribution is 0.568. The van der Waals surface area contributed by atoms with E-state index in [-0.39, 0.29) is 33.8 Å². The Labute approximate surface area is 388 Å². The van der Waals surface area contributed by atoms with Gasteiger partial charge in [-0.3, -0.25) is 0 Å². The van der Waals surface area contributed by atoms with Gasteiger partial charge >= 0.3 is 0 Å². The first-order valence-electron chi connectivity index (χ1n) is 23.7. The van der Waals surface area contributed by atoms with Crippen LogP contribution in [-0.2, 0) is 27.1 Å². The van der Waals surface area contributed by atoms with Crippen molar-refractivity contribution in [3.63, 3.8) is 0 Å². The van der Waals surface area contributed by atoms with Gasteiger partial charge < -0.3 is 14.2 Å². The second-order valence-corrected chi connectivity index (χ2v) is 23.6. The maximum atomic E-state index is 7.05. The highest BCUT2D eigenvalue weighted by Crippen LogP contribution is 2.48. The number of fused-ring (bicyclic) bond motifs is 7. The zero-order valence-electron chi connectivity index (χ0n) is 41.2. The highest BCUT2D eigenvalue weighted by molar-refractivity contribution is 6.99. The van der Waals surface area contributed by atoms with Crippen molar-refractivity contribution in [1.82, 2.24) is 0 Å². The van der Waals surface area contributed by atoms with Crippen molar-refractivity contribution >= 4 is 79.2 Å². The molecular weight excluding hydrogens is 787 g/mol. The normalized spacial score (nSPS) is 14.7. The fraction of sp³-hybridized carbons (Fsp3) is 0.311. The Morgan fingerprint density at radius 1 is 0.446 bits per heavy atom. The third-order valence-corrected chi connectivity index (χ3v) is 14.5. The van der Waals surface area contributed by atoms with Gasteiger partial charge in [0, 0.05) is 56.4 Å². The fourth-order valence-corrected chi connectivity index (χ4v) is 10.5. The number of furan rings is 1. The summed E-state index contributed by atoms with van der Waals surface area (Å²) in [5, 5.41) is 2.30. The second kappa shape index (κ2) is 14.5. The first kappa shape index (κ1) is 42.9. The summed E-state index contributed by atoms with van der Waals surface area (Å²) in [5.74, 6) is 0. The van der Waals surface area contributed by atoms with Crippen LogP contribution in [0, 0.1) is 0 Å². The molecule has 0 radical (unpaired) electrons. The Balaban J connectivity index is 1.25. The summed E-state index contributed by atoms with van der Waals surface area (Å²) < 4.78 is 7.05. The monoisotopic (exact) mass is 853 g/mol. The number of benzene rings is 7. The van der Waals surface area contributed by atoms with Crippen molar-refractivity contribution in [2.75, 3.05) is 9.80 Å². The van der Waals surface area contributed by atoms with Crippen LogP contribution >= 0.6 is 0 Å². The number of nitrogens with zero attached hydrogens (tertiary/aromatic N) is 2. The molecule has 0 saturated heterocycles. The van der Waals surface area contributed by atoms with E-state index < -0.39 is 0 Å². The molecule has 7 aromatic carbocycles. The van der Waals surface area contributed by atoms with E-state index in [0.29, 0.717) is 0 Å². The van der Waals surface area contributed by atoms with E-state index in [2.05, 4.69) is 246 Å². The van der Waals surface area contributed by atoms with Crippen LogP contribution in [0.4, 0.5) is 34.1 Å². The minimum absolute atomic E-state index is 0.0123. The molecule has 0 bridgehead atoms. The van der Waals surface area contributed by atoms with Gasteiger partial charge in [0.2, 0.25) is 6.71 Å². The Morgan fingerprint density at radius 3 is 1.57 bits per heavy atom. The molecule has 0 atom stereocenters. The molecule has 0 fully saturated rings. The van der Waals surface area contributed by atoms with Crippen LogP contribution in [0.5, 0.6) is 0 Å². The van der Waals surface area contributed by atoms with Crippen molar-refractivity contribution < 1.29 is 4.42 Å². The van der Waals surface area contributed by atoms with Crippen molar-refractivity contribution in [3.05, 3.63) is 173 Å². The lowest BCUT2D eigenvalue weighted by atomic mass is 9.30. The molecule has 8 aromatic rings. The Hall–Kier alpha value is -6.00. The van der Waals surface area contributed by atoms with Gasteiger partial charge in [0.05, 0.1) is 0 Å². The molecule has 0 saturated carbocycles. The summed E-state index contributed by atoms with van der Waals surface area (Å²) in [6, 6.07) is 52.7. The maximum Gasteiger partial charge on any atom is 0.247 e. The van der Waals surface area contributed by atoms with E-state index in [1.54, 1.807) is 0 Å². The molecule has 0 unspecified atom stereocenters. The standard InChI is InChI=1S/C61H65BN2O/c1-57(2,3)38-25-28-52-51(33-38)62-50-37-55-47(46-27-26-44(35-54(46)65-55)63(42-21-17-15-18-22-42)43-23-19-16-20-24-43)36-48(50)61(13,14)49-32-41(60(10,11)12)34-53(56(49)62)64(52)45-30-39(58(4,5)6)29-40(31-45)59(7,8)9/h15-37H,1-14H3. The number of hydrogen-bond donors (Lipinski definition) is 0. The molecule has 1 aromatic heterocycles. The van der Waals surface area contributed by atoms with E-state index in [0.717, 1.165) is 39.0 Å². The summed E-state index contributed by atoms with van der Waals surface area (Å²) in [5.41, 5.74) is 20.7. The van der Waals surface area contributed by atoms with Gasteiger partial charge in [0.15, 0.2) is 0 Å². The third-order valence-electron chi connectivity index (χ3n) is 14.5. The molecule has 2 aliphatic heterocycles. The fourth-order valence-electron chi connectivity index (χ4n) is 10.5. The molecule has 0 aliphatic carbocycles. The Morgan fingerprint density at radius 2 is 1.00 bits per heavy atom. The van der Waals surface area contributed by atoms with E-state index in [1.807, 2.05) is 0 Å². The molecule has 2 aliphatic rings. The van der Waals surface area contributed by atoms with Crippen molar-refractivity contribution in [2.24, 2.45) is 0 Å². The molecule has 65 heavy (non-hydrogen) atoms. The van der Waals surface area contributed by atoms with Crippen LogP contribution in [0.3, 0.4) is 0 Å². The summed E-state index contributed by atoms with van der Waals surface area (Å²) in [6.07, 6.45) is 0. The molecule has 0 amide bonds. The lowest BCUT2D eigenvalue weighted by Gasteiger charge is -2.47. The van der Waals surface area contributed by atoms with E-state index in [1.165, 1.54) is 66.8 Å². The highest BCUT2D eigenvalue weighted by atomic mass is 16.3. The average Bonchev–Trinajstić information content (AvgIpc) is 3.60. The lowest BCUT2D eigenvalue weighted by Crippen LogP contribution is -2.64. The SMILES string of the molecule is CC(C)(C)c1cc(N2c3ccc(C(C)(C)C)cc3B3c4cc5oc6cc(N(c7ccccc7)c7ccccc7)ccc6c5cc4C(C)(C)c4cc(C(C)(C)C)cc2c43)cc(C(C)(C)C)c1. The smallest absolute Gasteiger partial charge is 0.247 e. The van der Waals surface area contributed by atoms with Gasteiger partial charge in [-0.2, -0.15) is 0 Å². The summed E-state index contributed by atoms with van der Waals surface area (Å²) in [7, 11) is 0. The highest BCUT2D eigenvalue weighted by Gasteiger charge is 2.47. The molecule has 4 heteroatoms. The zero-order valence-corrected chi connectivity index (χ0v) is 41.2. The van der Waals surface area contributed by atoms with Gasteiger partial charge in [0.25, 0.3) is 0 Å². The van der Waals surface area contributed by atoms with Crippen molar-refractivity contribution in [3.8, 4) is 0 Å². The summed E-state index contributed by atoms with van der Waals surface area (Å²) in [6.45, 7) is 33.1. The van der Waals surface area contributed by atoms with E-state index in [4.69, 9.17) is 4.42 Å². The van der Waals surface area contributed by atoms with Crippen molar-refractivity contribution in [1.29, 1.82) is 0 Å². The Kier molecular flexibility index (Phi) is 9.58. The quantitative estimate of drug-likeness (QED) is 0.164. The number of para-hydroxylation sites is 2. The van der Waals surface area contributed by atoms with Crippen LogP contribution in [0.1, 0.15) is 130 Å². The first-order valence-corrected chi connectivity index (χ1v) is 23.7. The number of anilines is 6. The molecule has 3 nitrogen and oxygen atoms in total. The minimum Gasteiger partial charge on any atom is -0.456 e. The van der Waals surface area contributed by atoms with Crippen LogP contribution < -0.4 is 26.2 Å². The average molecular weight is 853 g/mol. The largest absolute Gasteiger partial charge is 0.456 e. The number of hydrogen-bond acceptors (Lipinski definition) is 3. The van der Waals surface area contributed by atoms with Crippen LogP contribution in [0.2, 0.25) is 0 Å². The summed E-state index contributed by atoms with van der Waals surface area (Å²) in [4.78, 5) is 4.94. The van der Waals surface area contributed by atoms with Crippen LogP contribution in [0.25, 0.3) is 21.9 Å². The molecule has 328 valence electrons. The van der Waals surface area contributed by atoms with Crippen LogP contribution in [-0.4, -0.2) is 6.71 Å². The maximum absolute atomic E-state index is 7.05. The topological polar surface area (TPSA) is 19.6 Å². The predicted octanol–water partition coefficient (Wildman–Crippen LogP) is 15.2. The van der Waals surface area contributed by atoms with E-state index in [9.17, 15) is 0 Å². The van der Waals surface area contributed by atoms with Gasteiger partial charge in [-0.25, -0.2) is 0 Å². The molecular formula is C61H65BN2O. The van der Waals surface area contributed by atoms with Crippen LogP contribution in [0.15, 0.2) is 144 Å². The van der Waals surface area contributed by atoms with Gasteiger partial charge in [0.1, 0.15) is 11.2 Å². The van der Waals surface area contributed by atoms with Gasteiger partial charge in [-0.1, -0.05) is 163 Å². The zero-order chi connectivity index (χ0) is 46.2. The minimum atomic E-state index is -0.305. The first-order chi connectivity index (χ1) is 30.5. The summed E-state index contributed by atoms with van der Waals surface area (Å²) >= 11 is 0.